The largest absolute Gasteiger partial charge is 0.187 e. The third kappa shape index (κ3) is 2.74. The van der Waals surface area contributed by atoms with E-state index in [0.29, 0.717) is 0 Å². The molecule has 0 amide bonds. The van der Waals surface area contributed by atoms with Gasteiger partial charge in [0.15, 0.2) is 6.71 Å². The van der Waals surface area contributed by atoms with E-state index in [2.05, 4.69) is 26.4 Å². The van der Waals surface area contributed by atoms with E-state index in [0.717, 1.165) is 24.1 Å². The van der Waals surface area contributed by atoms with Crippen molar-refractivity contribution < 1.29 is 0 Å². The first kappa shape index (κ1) is 9.50. The van der Waals surface area contributed by atoms with E-state index in [-0.39, 0.29) is 0 Å². The maximum atomic E-state index is 4.35. The SMILES string of the molecule is CB(CS)C1CCC(C)CC1. The smallest absolute Gasteiger partial charge is 0.150 e. The Balaban J connectivity index is 2.27. The molecule has 11 heavy (non-hydrogen) atoms. The first-order valence-electron chi connectivity index (χ1n) is 4.85. The van der Waals surface area contributed by atoms with Gasteiger partial charge in [-0.2, -0.15) is 12.6 Å². The molecule has 1 aliphatic carbocycles. The van der Waals surface area contributed by atoms with Gasteiger partial charge in [-0.05, 0) is 11.6 Å². The minimum Gasteiger partial charge on any atom is -0.187 e. The molecule has 1 aliphatic rings. The third-order valence-corrected chi connectivity index (χ3v) is 3.73. The maximum absolute atomic E-state index is 4.35. The minimum absolute atomic E-state index is 0.839. The quantitative estimate of drug-likeness (QED) is 0.477. The van der Waals surface area contributed by atoms with Crippen molar-refractivity contribution in [2.24, 2.45) is 5.92 Å². The molecule has 0 aromatic heterocycles. The van der Waals surface area contributed by atoms with Gasteiger partial charge in [0, 0.05) is 0 Å². The molecule has 0 bridgehead atoms. The van der Waals surface area contributed by atoms with Crippen molar-refractivity contribution in [1.29, 1.82) is 0 Å². The van der Waals surface area contributed by atoms with Gasteiger partial charge in [-0.25, -0.2) is 0 Å². The molecule has 2 heteroatoms. The molecule has 1 rings (SSSR count). The van der Waals surface area contributed by atoms with Crippen molar-refractivity contribution >= 4 is 19.3 Å². The molecule has 0 aromatic rings. The summed E-state index contributed by atoms with van der Waals surface area (Å²) in [4.78, 5) is 0. The molecule has 1 fully saturated rings. The molecule has 0 spiro atoms. The molecule has 1 saturated carbocycles. The fraction of sp³-hybridized carbons (Fsp3) is 1.00. The van der Waals surface area contributed by atoms with E-state index in [9.17, 15) is 0 Å². The predicted molar refractivity (Wildman–Crippen MR) is 56.9 cm³/mol. The van der Waals surface area contributed by atoms with Gasteiger partial charge in [0.25, 0.3) is 0 Å². The van der Waals surface area contributed by atoms with Crippen LogP contribution < -0.4 is 0 Å². The lowest BCUT2D eigenvalue weighted by Crippen LogP contribution is -2.23. The number of hydrogen-bond donors (Lipinski definition) is 1. The van der Waals surface area contributed by atoms with Crippen LogP contribution in [0.1, 0.15) is 32.6 Å². The highest BCUT2D eigenvalue weighted by molar-refractivity contribution is 7.82. The summed E-state index contributed by atoms with van der Waals surface area (Å²) >= 11 is 4.35. The lowest BCUT2D eigenvalue weighted by Gasteiger charge is -2.28. The van der Waals surface area contributed by atoms with E-state index in [1.54, 1.807) is 0 Å². The van der Waals surface area contributed by atoms with Gasteiger partial charge >= 0.3 is 0 Å². The van der Waals surface area contributed by atoms with Crippen LogP contribution in [0.25, 0.3) is 0 Å². The summed E-state index contributed by atoms with van der Waals surface area (Å²) in [5.41, 5.74) is 1.07. The lowest BCUT2D eigenvalue weighted by molar-refractivity contribution is 0.382. The Morgan fingerprint density at radius 1 is 1.27 bits per heavy atom. The van der Waals surface area contributed by atoms with Crippen molar-refractivity contribution in [2.45, 2.75) is 45.2 Å². The number of thiol groups is 1. The fourth-order valence-corrected chi connectivity index (χ4v) is 2.30. The molecule has 64 valence electrons. The molecule has 0 heterocycles. The molecular weight excluding hydrogens is 151 g/mol. The summed E-state index contributed by atoms with van der Waals surface area (Å²) in [5.74, 6) is 1.96. The van der Waals surface area contributed by atoms with Crippen molar-refractivity contribution in [3.8, 4) is 0 Å². The van der Waals surface area contributed by atoms with Crippen LogP contribution in [0.4, 0.5) is 0 Å². The van der Waals surface area contributed by atoms with Crippen molar-refractivity contribution in [1.82, 2.24) is 0 Å². The molecule has 0 nitrogen and oxygen atoms in total. The van der Waals surface area contributed by atoms with Gasteiger partial charge in [-0.15, -0.1) is 0 Å². The van der Waals surface area contributed by atoms with Gasteiger partial charge in [0.1, 0.15) is 0 Å². The molecule has 0 radical (unpaired) electrons. The summed E-state index contributed by atoms with van der Waals surface area (Å²) in [6, 6.07) is 0. The van der Waals surface area contributed by atoms with E-state index in [1.807, 2.05) is 0 Å². The van der Waals surface area contributed by atoms with E-state index >= 15 is 0 Å². The molecule has 0 unspecified atom stereocenters. The molecule has 0 atom stereocenters. The topological polar surface area (TPSA) is 0 Å². The average Bonchev–Trinajstić information content (AvgIpc) is 2.05. The van der Waals surface area contributed by atoms with Crippen molar-refractivity contribution in [2.75, 3.05) is 5.65 Å². The molecule has 0 N–H and O–H groups in total. The second-order valence-electron chi connectivity index (χ2n) is 4.18. The van der Waals surface area contributed by atoms with Gasteiger partial charge in [-0.1, -0.05) is 45.2 Å². The van der Waals surface area contributed by atoms with E-state index < -0.39 is 0 Å². The molecular formula is C9H19BS. The second-order valence-corrected chi connectivity index (χ2v) is 4.54. The van der Waals surface area contributed by atoms with E-state index in [4.69, 9.17) is 0 Å². The van der Waals surface area contributed by atoms with Gasteiger partial charge < -0.3 is 0 Å². The highest BCUT2D eigenvalue weighted by Gasteiger charge is 2.23. The zero-order valence-corrected chi connectivity index (χ0v) is 8.61. The van der Waals surface area contributed by atoms with Crippen LogP contribution in [0.3, 0.4) is 0 Å². The molecule has 0 aliphatic heterocycles. The monoisotopic (exact) mass is 170 g/mol. The highest BCUT2D eigenvalue weighted by atomic mass is 32.1. The standard InChI is InChI=1S/C9H19BS/c1-8-3-5-9(6-4-8)10(2)7-11/h8-9,11H,3-7H2,1-2H3. The second kappa shape index (κ2) is 4.44. The first-order chi connectivity index (χ1) is 5.24. The van der Waals surface area contributed by atoms with Gasteiger partial charge in [0.05, 0.1) is 0 Å². The lowest BCUT2D eigenvalue weighted by atomic mass is 9.41. The van der Waals surface area contributed by atoms with Crippen LogP contribution >= 0.6 is 12.6 Å². The molecule has 0 aromatic carbocycles. The van der Waals surface area contributed by atoms with Crippen molar-refractivity contribution in [3.63, 3.8) is 0 Å². The van der Waals surface area contributed by atoms with Gasteiger partial charge in [0.2, 0.25) is 0 Å². The van der Waals surface area contributed by atoms with Gasteiger partial charge in [-0.3, -0.25) is 0 Å². The normalized spacial score (nSPS) is 31.9. The van der Waals surface area contributed by atoms with E-state index in [1.165, 1.54) is 25.7 Å². The maximum Gasteiger partial charge on any atom is 0.150 e. The zero-order valence-electron chi connectivity index (χ0n) is 7.71. The number of rotatable bonds is 2. The summed E-state index contributed by atoms with van der Waals surface area (Å²) < 4.78 is 0. The average molecular weight is 170 g/mol. The Kier molecular flexibility index (Phi) is 3.84. The summed E-state index contributed by atoms with van der Waals surface area (Å²) in [6.45, 7) is 5.56. The zero-order chi connectivity index (χ0) is 8.27. The van der Waals surface area contributed by atoms with Crippen LogP contribution in [0.5, 0.6) is 0 Å². The third-order valence-electron chi connectivity index (χ3n) is 3.15. The Hall–Kier alpha value is 0.415. The van der Waals surface area contributed by atoms with Crippen molar-refractivity contribution in [3.05, 3.63) is 0 Å². The van der Waals surface area contributed by atoms with Crippen LogP contribution in [0, 0.1) is 5.92 Å². The Labute approximate surface area is 76.6 Å². The summed E-state index contributed by atoms with van der Waals surface area (Å²) in [7, 11) is 0. The number of hydrogen-bond acceptors (Lipinski definition) is 1. The van der Waals surface area contributed by atoms with Crippen LogP contribution in [0.15, 0.2) is 0 Å². The van der Waals surface area contributed by atoms with Crippen LogP contribution in [0.2, 0.25) is 12.6 Å². The Morgan fingerprint density at radius 2 is 1.82 bits per heavy atom. The Bertz CT molecular complexity index is 108. The van der Waals surface area contributed by atoms with Crippen LogP contribution in [-0.4, -0.2) is 12.4 Å². The molecule has 0 saturated heterocycles. The minimum atomic E-state index is 0.839. The highest BCUT2D eigenvalue weighted by Crippen LogP contribution is 2.34. The Morgan fingerprint density at radius 3 is 2.27 bits per heavy atom. The fourth-order valence-electron chi connectivity index (χ4n) is 2.00. The first-order valence-corrected chi connectivity index (χ1v) is 5.48. The predicted octanol–water partition coefficient (Wildman–Crippen LogP) is 3.16. The summed E-state index contributed by atoms with van der Waals surface area (Å²) in [6.07, 6.45) is 5.79. The summed E-state index contributed by atoms with van der Waals surface area (Å²) in [5, 5.41) is 0. The van der Waals surface area contributed by atoms with Crippen LogP contribution in [-0.2, 0) is 0 Å².